The van der Waals surface area contributed by atoms with Gasteiger partial charge in [-0.25, -0.2) is 9.98 Å². The van der Waals surface area contributed by atoms with E-state index in [1.54, 1.807) is 11.3 Å². The third-order valence-electron chi connectivity index (χ3n) is 2.65. The lowest BCUT2D eigenvalue weighted by Crippen LogP contribution is -2.42. The maximum Gasteiger partial charge on any atom is 0.191 e. The number of aliphatic imine (C=N–C) groups is 1. The number of aliphatic hydroxyl groups is 1. The largest absolute Gasteiger partial charge is 0.389 e. The number of aryl methyl sites for hydroxylation is 1. The number of ether oxygens (including phenoxy) is 1. The van der Waals surface area contributed by atoms with Crippen LogP contribution in [0.25, 0.3) is 0 Å². The Hall–Kier alpha value is -1.18. The van der Waals surface area contributed by atoms with Gasteiger partial charge in [-0.2, -0.15) is 0 Å². The molecule has 0 amide bonds. The Bertz CT molecular complexity index is 449. The number of thiazole rings is 1. The maximum atomic E-state index is 9.89. The molecular formula is C15H28N4O2S. The Morgan fingerprint density at radius 3 is 2.77 bits per heavy atom. The van der Waals surface area contributed by atoms with Crippen LogP contribution in [0.15, 0.2) is 11.2 Å². The molecule has 0 aliphatic rings. The molecule has 0 bridgehead atoms. The first-order valence-electron chi connectivity index (χ1n) is 7.70. The summed E-state index contributed by atoms with van der Waals surface area (Å²) in [5, 5.41) is 17.1. The number of nitrogens with zero attached hydrogens (tertiary/aromatic N) is 2. The molecule has 0 radical (unpaired) electrons. The van der Waals surface area contributed by atoms with Crippen LogP contribution in [-0.2, 0) is 11.3 Å². The number of aliphatic hydroxyl groups excluding tert-OH is 1. The van der Waals surface area contributed by atoms with E-state index in [4.69, 9.17) is 4.74 Å². The fourth-order valence-corrected chi connectivity index (χ4v) is 2.39. The van der Waals surface area contributed by atoms with Gasteiger partial charge in [0.2, 0.25) is 0 Å². The molecule has 0 aliphatic carbocycles. The van der Waals surface area contributed by atoms with Crippen molar-refractivity contribution >= 4 is 17.3 Å². The van der Waals surface area contributed by atoms with Crippen LogP contribution in [0.2, 0.25) is 0 Å². The van der Waals surface area contributed by atoms with Gasteiger partial charge >= 0.3 is 0 Å². The molecule has 0 fully saturated rings. The minimum atomic E-state index is -0.551. The van der Waals surface area contributed by atoms with Crippen LogP contribution in [-0.4, -0.2) is 48.5 Å². The Kier molecular flexibility index (Phi) is 9.03. The summed E-state index contributed by atoms with van der Waals surface area (Å²) in [6.45, 7) is 10.9. The van der Waals surface area contributed by atoms with E-state index in [2.05, 4.69) is 34.5 Å². The van der Waals surface area contributed by atoms with Gasteiger partial charge in [-0.3, -0.25) is 0 Å². The summed E-state index contributed by atoms with van der Waals surface area (Å²) in [5.74, 6) is 1.15. The number of nitrogens with one attached hydrogen (secondary N) is 2. The molecular weight excluding hydrogens is 300 g/mol. The molecule has 0 spiro atoms. The molecule has 0 saturated carbocycles. The van der Waals surface area contributed by atoms with Gasteiger partial charge in [-0.1, -0.05) is 13.8 Å². The molecule has 6 nitrogen and oxygen atoms in total. The first-order valence-corrected chi connectivity index (χ1v) is 8.52. The first kappa shape index (κ1) is 18.9. The summed E-state index contributed by atoms with van der Waals surface area (Å²) in [6, 6.07) is 0. The zero-order valence-corrected chi connectivity index (χ0v) is 14.7. The Balaban J connectivity index is 2.36. The molecule has 126 valence electrons. The molecule has 1 atom stereocenters. The van der Waals surface area contributed by atoms with Gasteiger partial charge in [-0.05, 0) is 19.8 Å². The molecule has 1 heterocycles. The number of hydrogen-bond acceptors (Lipinski definition) is 5. The number of aromatic nitrogens is 1. The summed E-state index contributed by atoms with van der Waals surface area (Å²) in [7, 11) is 0. The summed E-state index contributed by atoms with van der Waals surface area (Å²) in [6.07, 6.45) is 1.30. The SMILES string of the molecule is CCNC(=NCc1ncc(C)s1)NCC(O)COCC(C)C. The Morgan fingerprint density at radius 1 is 1.41 bits per heavy atom. The second-order valence-corrected chi connectivity index (χ2v) is 6.85. The van der Waals surface area contributed by atoms with E-state index in [0.29, 0.717) is 38.2 Å². The van der Waals surface area contributed by atoms with Gasteiger partial charge in [-0.15, -0.1) is 11.3 Å². The molecule has 1 aromatic rings. The van der Waals surface area contributed by atoms with Gasteiger partial charge in [0, 0.05) is 30.8 Å². The van der Waals surface area contributed by atoms with Crippen molar-refractivity contribution in [3.63, 3.8) is 0 Å². The standard InChI is InChI=1S/C15H28N4O2S/c1-5-16-15(19-8-14-17-6-12(4)22-14)18-7-13(20)10-21-9-11(2)3/h6,11,13,20H,5,7-10H2,1-4H3,(H2,16,18,19). The fourth-order valence-electron chi connectivity index (χ4n) is 1.68. The van der Waals surface area contributed by atoms with E-state index >= 15 is 0 Å². The van der Waals surface area contributed by atoms with E-state index in [9.17, 15) is 5.11 Å². The van der Waals surface area contributed by atoms with Crippen LogP contribution in [0, 0.1) is 12.8 Å². The predicted octanol–water partition coefficient (Wildman–Crippen LogP) is 1.54. The predicted molar refractivity (Wildman–Crippen MR) is 91.3 cm³/mol. The fraction of sp³-hybridized carbons (Fsp3) is 0.733. The second-order valence-electron chi connectivity index (χ2n) is 5.53. The van der Waals surface area contributed by atoms with Gasteiger partial charge in [0.25, 0.3) is 0 Å². The average Bonchev–Trinajstić information content (AvgIpc) is 2.87. The normalized spacial score (nSPS) is 13.5. The van der Waals surface area contributed by atoms with Crippen molar-refractivity contribution in [3.8, 4) is 0 Å². The van der Waals surface area contributed by atoms with Crippen molar-refractivity contribution in [2.45, 2.75) is 40.3 Å². The smallest absolute Gasteiger partial charge is 0.191 e. The van der Waals surface area contributed by atoms with Crippen molar-refractivity contribution in [2.75, 3.05) is 26.3 Å². The molecule has 22 heavy (non-hydrogen) atoms. The lowest BCUT2D eigenvalue weighted by atomic mass is 10.2. The van der Waals surface area contributed by atoms with E-state index in [1.165, 1.54) is 4.88 Å². The number of hydrogen-bond donors (Lipinski definition) is 3. The van der Waals surface area contributed by atoms with Crippen molar-refractivity contribution in [1.29, 1.82) is 0 Å². The highest BCUT2D eigenvalue weighted by molar-refractivity contribution is 7.11. The van der Waals surface area contributed by atoms with Crippen LogP contribution in [0.3, 0.4) is 0 Å². The molecule has 1 aromatic heterocycles. The Morgan fingerprint density at radius 2 is 2.18 bits per heavy atom. The maximum absolute atomic E-state index is 9.89. The van der Waals surface area contributed by atoms with E-state index in [1.807, 2.05) is 20.0 Å². The quantitative estimate of drug-likeness (QED) is 0.473. The first-order chi connectivity index (χ1) is 10.5. The summed E-state index contributed by atoms with van der Waals surface area (Å²) in [4.78, 5) is 9.94. The van der Waals surface area contributed by atoms with Gasteiger partial charge in [0.1, 0.15) is 5.01 Å². The van der Waals surface area contributed by atoms with Crippen molar-refractivity contribution < 1.29 is 9.84 Å². The zero-order valence-electron chi connectivity index (χ0n) is 13.9. The van der Waals surface area contributed by atoms with Gasteiger partial charge in [0.05, 0.1) is 19.3 Å². The number of guanidine groups is 1. The average molecular weight is 328 g/mol. The topological polar surface area (TPSA) is 78.8 Å². The summed E-state index contributed by atoms with van der Waals surface area (Å²) in [5.41, 5.74) is 0. The molecule has 7 heteroatoms. The van der Waals surface area contributed by atoms with Crippen LogP contribution >= 0.6 is 11.3 Å². The lowest BCUT2D eigenvalue weighted by Gasteiger charge is -2.16. The monoisotopic (exact) mass is 328 g/mol. The molecule has 0 aromatic carbocycles. The van der Waals surface area contributed by atoms with Crippen molar-refractivity contribution in [3.05, 3.63) is 16.1 Å². The highest BCUT2D eigenvalue weighted by Crippen LogP contribution is 2.11. The zero-order chi connectivity index (χ0) is 16.4. The number of rotatable bonds is 9. The highest BCUT2D eigenvalue weighted by Gasteiger charge is 2.07. The van der Waals surface area contributed by atoms with Crippen molar-refractivity contribution in [1.82, 2.24) is 15.6 Å². The Labute approximate surface area is 137 Å². The third-order valence-corrected chi connectivity index (χ3v) is 3.55. The van der Waals surface area contributed by atoms with Crippen molar-refractivity contribution in [2.24, 2.45) is 10.9 Å². The molecule has 1 rings (SSSR count). The van der Waals surface area contributed by atoms with Crippen LogP contribution in [0.5, 0.6) is 0 Å². The van der Waals surface area contributed by atoms with Crippen LogP contribution < -0.4 is 10.6 Å². The molecule has 0 aliphatic heterocycles. The van der Waals surface area contributed by atoms with E-state index in [0.717, 1.165) is 11.6 Å². The highest BCUT2D eigenvalue weighted by atomic mass is 32.1. The minimum absolute atomic E-state index is 0.330. The van der Waals surface area contributed by atoms with Gasteiger partial charge < -0.3 is 20.5 Å². The van der Waals surface area contributed by atoms with E-state index in [-0.39, 0.29) is 0 Å². The molecule has 1 unspecified atom stereocenters. The summed E-state index contributed by atoms with van der Waals surface area (Å²) >= 11 is 1.64. The lowest BCUT2D eigenvalue weighted by molar-refractivity contribution is 0.0280. The minimum Gasteiger partial charge on any atom is -0.389 e. The van der Waals surface area contributed by atoms with Crippen LogP contribution in [0.1, 0.15) is 30.7 Å². The second kappa shape index (κ2) is 10.5. The van der Waals surface area contributed by atoms with Crippen LogP contribution in [0.4, 0.5) is 0 Å². The van der Waals surface area contributed by atoms with Gasteiger partial charge in [0.15, 0.2) is 5.96 Å². The summed E-state index contributed by atoms with van der Waals surface area (Å²) < 4.78 is 5.42. The molecule has 3 N–H and O–H groups in total. The molecule has 0 saturated heterocycles. The van der Waals surface area contributed by atoms with E-state index < -0.39 is 6.10 Å². The third kappa shape index (κ3) is 8.31.